The molecule has 2 aromatic rings. The summed E-state index contributed by atoms with van der Waals surface area (Å²) in [6.07, 6.45) is 0. The van der Waals surface area contributed by atoms with Crippen LogP contribution < -0.4 is 0 Å². The highest BCUT2D eigenvalue weighted by molar-refractivity contribution is 8.76. The second-order valence-electron chi connectivity index (χ2n) is 3.32. The van der Waals surface area contributed by atoms with Gasteiger partial charge >= 0.3 is 0 Å². The van der Waals surface area contributed by atoms with E-state index in [-0.39, 0.29) is 0 Å². The van der Waals surface area contributed by atoms with Crippen molar-refractivity contribution >= 4 is 68.0 Å². The van der Waals surface area contributed by atoms with Crippen LogP contribution in [0.3, 0.4) is 0 Å². The maximum atomic E-state index is 6.09. The van der Waals surface area contributed by atoms with Gasteiger partial charge in [0.05, 0.1) is 10.0 Å². The first-order valence-corrected chi connectivity index (χ1v) is 8.47. The van der Waals surface area contributed by atoms with E-state index in [4.69, 9.17) is 46.4 Å². The molecule has 0 atom stereocenters. The van der Waals surface area contributed by atoms with E-state index >= 15 is 0 Å². The van der Waals surface area contributed by atoms with Crippen molar-refractivity contribution in [2.75, 3.05) is 0 Å². The molecule has 0 aromatic heterocycles. The Balaban J connectivity index is 2.11. The van der Waals surface area contributed by atoms with Crippen LogP contribution in [-0.2, 0) is 0 Å². The van der Waals surface area contributed by atoms with E-state index in [1.807, 2.05) is 12.1 Å². The minimum absolute atomic E-state index is 0.624. The van der Waals surface area contributed by atoms with Crippen LogP contribution in [0.4, 0.5) is 0 Å². The third-order valence-corrected chi connectivity index (χ3v) is 5.81. The van der Waals surface area contributed by atoms with Crippen molar-refractivity contribution in [2.24, 2.45) is 0 Å². The minimum atomic E-state index is 0.624. The highest BCUT2D eigenvalue weighted by Crippen LogP contribution is 2.44. The third kappa shape index (κ3) is 3.89. The summed E-state index contributed by atoms with van der Waals surface area (Å²) in [5.74, 6) is 0. The number of benzene rings is 2. The molecule has 0 bridgehead atoms. The molecule has 0 nitrogen and oxygen atoms in total. The van der Waals surface area contributed by atoms with Gasteiger partial charge in [0.25, 0.3) is 0 Å². The van der Waals surface area contributed by atoms with Crippen LogP contribution in [0.15, 0.2) is 46.2 Å². The van der Waals surface area contributed by atoms with Gasteiger partial charge in [-0.15, -0.1) is 0 Å². The zero-order chi connectivity index (χ0) is 13.1. The predicted octanol–water partition coefficient (Wildman–Crippen LogP) is 7.10. The van der Waals surface area contributed by atoms with E-state index in [2.05, 4.69) is 0 Å². The van der Waals surface area contributed by atoms with Crippen LogP contribution in [0, 0.1) is 0 Å². The Labute approximate surface area is 133 Å². The summed E-state index contributed by atoms with van der Waals surface area (Å²) in [6.45, 7) is 0. The summed E-state index contributed by atoms with van der Waals surface area (Å²) in [5.41, 5.74) is 0. The van der Waals surface area contributed by atoms with E-state index in [1.54, 1.807) is 24.3 Å². The van der Waals surface area contributed by atoms with Gasteiger partial charge in [0, 0.05) is 19.8 Å². The van der Waals surface area contributed by atoms with Gasteiger partial charge in [0.2, 0.25) is 0 Å². The lowest BCUT2D eigenvalue weighted by atomic mass is 10.4. The number of rotatable bonds is 3. The van der Waals surface area contributed by atoms with E-state index in [0.717, 1.165) is 9.79 Å². The first kappa shape index (κ1) is 14.7. The zero-order valence-corrected chi connectivity index (χ0v) is 13.4. The van der Waals surface area contributed by atoms with Crippen molar-refractivity contribution in [3.8, 4) is 0 Å². The molecule has 0 heterocycles. The number of halogens is 4. The highest BCUT2D eigenvalue weighted by atomic mass is 35.5. The fraction of sp³-hybridized carbons (Fsp3) is 0. The van der Waals surface area contributed by atoms with E-state index in [9.17, 15) is 0 Å². The van der Waals surface area contributed by atoms with Crippen molar-refractivity contribution < 1.29 is 0 Å². The quantitative estimate of drug-likeness (QED) is 0.538. The van der Waals surface area contributed by atoms with Crippen LogP contribution in [-0.4, -0.2) is 0 Å². The van der Waals surface area contributed by atoms with Crippen LogP contribution in [0.2, 0.25) is 20.1 Å². The maximum absolute atomic E-state index is 6.09. The van der Waals surface area contributed by atoms with E-state index in [0.29, 0.717) is 20.1 Å². The maximum Gasteiger partial charge on any atom is 0.0565 e. The summed E-state index contributed by atoms with van der Waals surface area (Å²) >= 11 is 23.9. The number of hydrogen-bond acceptors (Lipinski definition) is 2. The molecule has 0 amide bonds. The van der Waals surface area contributed by atoms with Crippen molar-refractivity contribution in [1.29, 1.82) is 0 Å². The van der Waals surface area contributed by atoms with Crippen LogP contribution in [0.25, 0.3) is 0 Å². The molecule has 18 heavy (non-hydrogen) atoms. The van der Waals surface area contributed by atoms with Crippen molar-refractivity contribution in [1.82, 2.24) is 0 Å². The third-order valence-electron chi connectivity index (χ3n) is 2.01. The first-order chi connectivity index (χ1) is 8.56. The van der Waals surface area contributed by atoms with Crippen molar-refractivity contribution in [2.45, 2.75) is 9.79 Å². The smallest absolute Gasteiger partial charge is 0.0565 e. The standard InChI is InChI=1S/C12H6Cl4S2/c13-7-1-3-11(9(15)5-7)17-18-12-4-2-8(14)6-10(12)16/h1-6H. The first-order valence-electron chi connectivity index (χ1n) is 4.81. The molecule has 0 radical (unpaired) electrons. The Morgan fingerprint density at radius 3 is 1.33 bits per heavy atom. The fourth-order valence-electron chi connectivity index (χ4n) is 1.18. The molecule has 0 saturated carbocycles. The van der Waals surface area contributed by atoms with Crippen LogP contribution in [0.1, 0.15) is 0 Å². The van der Waals surface area contributed by atoms with E-state index < -0.39 is 0 Å². The summed E-state index contributed by atoms with van der Waals surface area (Å²) in [6, 6.07) is 10.8. The highest BCUT2D eigenvalue weighted by Gasteiger charge is 2.06. The predicted molar refractivity (Wildman–Crippen MR) is 84.6 cm³/mol. The summed E-state index contributed by atoms with van der Waals surface area (Å²) in [5, 5.41) is 2.51. The molecule has 0 spiro atoms. The van der Waals surface area contributed by atoms with Crippen molar-refractivity contribution in [3.63, 3.8) is 0 Å². The molecule has 6 heteroatoms. The molecule has 94 valence electrons. The normalized spacial score (nSPS) is 10.7. The second-order valence-corrected chi connectivity index (χ2v) is 7.22. The molecule has 0 aliphatic carbocycles. The van der Waals surface area contributed by atoms with Crippen LogP contribution in [0.5, 0.6) is 0 Å². The molecule has 0 aliphatic heterocycles. The van der Waals surface area contributed by atoms with E-state index in [1.165, 1.54) is 21.6 Å². The Morgan fingerprint density at radius 1 is 0.611 bits per heavy atom. The average Bonchev–Trinajstić information content (AvgIpc) is 2.30. The SMILES string of the molecule is Clc1ccc(SSc2ccc(Cl)cc2Cl)c(Cl)c1. The fourth-order valence-corrected chi connectivity index (χ4v) is 4.61. The lowest BCUT2D eigenvalue weighted by molar-refractivity contribution is 1.46. The molecule has 2 aromatic carbocycles. The lowest BCUT2D eigenvalue weighted by Gasteiger charge is -2.05. The Bertz CT molecular complexity index is 520. The van der Waals surface area contributed by atoms with Gasteiger partial charge in [-0.25, -0.2) is 0 Å². The Morgan fingerprint density at radius 2 is 1.00 bits per heavy atom. The van der Waals surface area contributed by atoms with Gasteiger partial charge in [-0.3, -0.25) is 0 Å². The summed E-state index contributed by atoms with van der Waals surface area (Å²) < 4.78 is 0. The zero-order valence-electron chi connectivity index (χ0n) is 8.79. The topological polar surface area (TPSA) is 0 Å². The monoisotopic (exact) mass is 354 g/mol. The molecule has 0 fully saturated rings. The van der Waals surface area contributed by atoms with Crippen molar-refractivity contribution in [3.05, 3.63) is 56.5 Å². The molecule has 0 N–H and O–H groups in total. The van der Waals surface area contributed by atoms with Gasteiger partial charge in [-0.1, -0.05) is 68.0 Å². The Kier molecular flexibility index (Phi) is 5.43. The molecular weight excluding hydrogens is 350 g/mol. The largest absolute Gasteiger partial charge is 0.0843 e. The van der Waals surface area contributed by atoms with Crippen LogP contribution >= 0.6 is 68.0 Å². The van der Waals surface area contributed by atoms with Gasteiger partial charge in [0.15, 0.2) is 0 Å². The van der Waals surface area contributed by atoms with Gasteiger partial charge in [0.1, 0.15) is 0 Å². The lowest BCUT2D eigenvalue weighted by Crippen LogP contribution is -1.74. The molecule has 0 unspecified atom stereocenters. The second kappa shape index (κ2) is 6.65. The number of hydrogen-bond donors (Lipinski definition) is 0. The summed E-state index contributed by atoms with van der Waals surface area (Å²) in [4.78, 5) is 1.88. The minimum Gasteiger partial charge on any atom is -0.0843 e. The average molecular weight is 356 g/mol. The Hall–Kier alpha value is 0.300. The van der Waals surface area contributed by atoms with Gasteiger partial charge in [-0.2, -0.15) is 0 Å². The molecule has 0 saturated heterocycles. The van der Waals surface area contributed by atoms with Gasteiger partial charge < -0.3 is 0 Å². The molecule has 0 aliphatic rings. The molecular formula is C12H6Cl4S2. The molecule has 2 rings (SSSR count). The van der Waals surface area contributed by atoms with Gasteiger partial charge in [-0.05, 0) is 36.4 Å². The summed E-state index contributed by atoms with van der Waals surface area (Å²) in [7, 11) is 3.05.